The highest BCUT2D eigenvalue weighted by Gasteiger charge is 2.47. The number of aryl methyl sites for hydroxylation is 1. The Labute approximate surface area is 145 Å². The van der Waals surface area contributed by atoms with Crippen molar-refractivity contribution in [3.63, 3.8) is 0 Å². The maximum absolute atomic E-state index is 12.9. The molecule has 0 radical (unpaired) electrons. The highest BCUT2D eigenvalue weighted by Crippen LogP contribution is 2.33. The van der Waals surface area contributed by atoms with Gasteiger partial charge < -0.3 is 14.4 Å². The molecule has 0 aliphatic carbocycles. The average molecular weight is 344 g/mol. The molecule has 4 heterocycles. The van der Waals surface area contributed by atoms with Crippen LogP contribution in [0, 0.1) is 6.92 Å². The lowest BCUT2D eigenvalue weighted by Crippen LogP contribution is -2.44. The molecular weight excluding hydrogens is 324 g/mol. The third-order valence-corrected chi connectivity index (χ3v) is 5.60. The minimum Gasteiger partial charge on any atom is -0.484 e. The third kappa shape index (κ3) is 2.91. The van der Waals surface area contributed by atoms with Gasteiger partial charge in [0.05, 0.1) is 23.7 Å². The number of thiophene rings is 1. The van der Waals surface area contributed by atoms with E-state index in [1.165, 1.54) is 0 Å². The number of nitrogens with zero attached hydrogens (tertiary/aromatic N) is 2. The molecule has 2 fully saturated rings. The smallest absolute Gasteiger partial charge is 0.264 e. The fourth-order valence-corrected chi connectivity index (χ4v) is 4.35. The van der Waals surface area contributed by atoms with Crippen LogP contribution < -0.4 is 4.74 Å². The molecule has 0 aromatic carbocycles. The Bertz CT molecular complexity index is 718. The third-order valence-electron chi connectivity index (χ3n) is 4.61. The molecule has 1 amide bonds. The van der Waals surface area contributed by atoms with Gasteiger partial charge in [0, 0.05) is 17.7 Å². The molecule has 2 aromatic rings. The van der Waals surface area contributed by atoms with Crippen molar-refractivity contribution in [3.05, 3.63) is 46.4 Å². The normalized spacial score (nSPS) is 26.2. The van der Waals surface area contributed by atoms with Gasteiger partial charge in [-0.3, -0.25) is 9.78 Å². The van der Waals surface area contributed by atoms with Crippen LogP contribution in [0.5, 0.6) is 5.75 Å². The topological polar surface area (TPSA) is 51.7 Å². The Hall–Kier alpha value is -1.92. The summed E-state index contributed by atoms with van der Waals surface area (Å²) in [4.78, 5) is 20.9. The van der Waals surface area contributed by atoms with E-state index in [-0.39, 0.29) is 24.2 Å². The molecule has 4 rings (SSSR count). The molecule has 2 aliphatic rings. The lowest BCUT2D eigenvalue weighted by molar-refractivity contribution is -0.0447. The van der Waals surface area contributed by atoms with Gasteiger partial charge in [-0.1, -0.05) is 0 Å². The summed E-state index contributed by atoms with van der Waals surface area (Å²) >= 11 is 1.54. The van der Waals surface area contributed by atoms with Gasteiger partial charge in [-0.25, -0.2) is 0 Å². The number of carbonyl (C=O) groups excluding carboxylic acids is 1. The van der Waals surface area contributed by atoms with Crippen molar-refractivity contribution in [1.82, 2.24) is 9.88 Å². The number of amides is 1. The lowest BCUT2D eigenvalue weighted by atomic mass is 10.0. The van der Waals surface area contributed by atoms with Gasteiger partial charge in [-0.15, -0.1) is 11.3 Å². The van der Waals surface area contributed by atoms with Crippen LogP contribution in [0.2, 0.25) is 0 Å². The quantitative estimate of drug-likeness (QED) is 0.859. The molecule has 0 unspecified atom stereocenters. The predicted molar refractivity (Wildman–Crippen MR) is 91.5 cm³/mol. The van der Waals surface area contributed by atoms with E-state index in [4.69, 9.17) is 9.47 Å². The second kappa shape index (κ2) is 6.53. The zero-order valence-electron chi connectivity index (χ0n) is 13.6. The van der Waals surface area contributed by atoms with E-state index in [1.807, 2.05) is 36.1 Å². The van der Waals surface area contributed by atoms with Crippen molar-refractivity contribution in [2.75, 3.05) is 13.2 Å². The minimum absolute atomic E-state index is 0.0658. The molecule has 126 valence electrons. The second-order valence-corrected chi connectivity index (χ2v) is 7.55. The van der Waals surface area contributed by atoms with Crippen molar-refractivity contribution in [3.8, 4) is 5.75 Å². The van der Waals surface area contributed by atoms with E-state index in [0.717, 1.165) is 35.0 Å². The van der Waals surface area contributed by atoms with Crippen LogP contribution in [0.4, 0.5) is 0 Å². The number of pyridine rings is 1. The molecule has 0 spiro atoms. The van der Waals surface area contributed by atoms with Gasteiger partial charge in [-0.2, -0.15) is 0 Å². The fourth-order valence-electron chi connectivity index (χ4n) is 3.53. The van der Waals surface area contributed by atoms with Crippen LogP contribution in [0.1, 0.15) is 27.4 Å². The van der Waals surface area contributed by atoms with E-state index in [1.54, 1.807) is 23.7 Å². The SMILES string of the molecule is Cc1ccc(C(=O)N2C[C@H](Oc3cccnc3)[C@@H]3OCCC[C@@H]32)s1. The Morgan fingerprint density at radius 2 is 2.33 bits per heavy atom. The molecule has 2 aliphatic heterocycles. The van der Waals surface area contributed by atoms with Gasteiger partial charge in [0.2, 0.25) is 0 Å². The van der Waals surface area contributed by atoms with Crippen molar-refractivity contribution in [2.45, 2.75) is 38.0 Å². The first-order valence-corrected chi connectivity index (χ1v) is 9.10. The summed E-state index contributed by atoms with van der Waals surface area (Å²) in [6.45, 7) is 3.31. The zero-order chi connectivity index (χ0) is 16.5. The standard InChI is InChI=1S/C18H20N2O3S/c1-12-6-7-16(24-12)18(21)20-11-15(17-14(20)5-3-9-22-17)23-13-4-2-8-19-10-13/h2,4,6-8,10,14-15,17H,3,5,9,11H2,1H3/t14-,15-,17+/m0/s1. The fraction of sp³-hybridized carbons (Fsp3) is 0.444. The molecule has 24 heavy (non-hydrogen) atoms. The zero-order valence-corrected chi connectivity index (χ0v) is 14.4. The van der Waals surface area contributed by atoms with Crippen molar-refractivity contribution in [1.29, 1.82) is 0 Å². The summed E-state index contributed by atoms with van der Waals surface area (Å²) in [5.41, 5.74) is 0. The maximum atomic E-state index is 12.9. The average Bonchev–Trinajstić information content (AvgIpc) is 3.20. The summed E-state index contributed by atoms with van der Waals surface area (Å²) < 4.78 is 12.1. The Balaban J connectivity index is 1.56. The Kier molecular flexibility index (Phi) is 4.24. The second-order valence-electron chi connectivity index (χ2n) is 6.26. The summed E-state index contributed by atoms with van der Waals surface area (Å²) in [5, 5.41) is 0. The highest BCUT2D eigenvalue weighted by molar-refractivity contribution is 7.13. The number of hydrogen-bond acceptors (Lipinski definition) is 5. The van der Waals surface area contributed by atoms with Crippen LogP contribution in [0.25, 0.3) is 0 Å². The van der Waals surface area contributed by atoms with Gasteiger partial charge in [0.25, 0.3) is 5.91 Å². The summed E-state index contributed by atoms with van der Waals surface area (Å²) in [7, 11) is 0. The van der Waals surface area contributed by atoms with E-state index in [9.17, 15) is 4.79 Å². The number of fused-ring (bicyclic) bond motifs is 1. The van der Waals surface area contributed by atoms with Gasteiger partial charge >= 0.3 is 0 Å². The van der Waals surface area contributed by atoms with E-state index in [2.05, 4.69) is 4.98 Å². The first-order valence-electron chi connectivity index (χ1n) is 8.28. The molecule has 2 aromatic heterocycles. The number of rotatable bonds is 3. The minimum atomic E-state index is -0.149. The van der Waals surface area contributed by atoms with Gasteiger partial charge in [-0.05, 0) is 44.0 Å². The summed E-state index contributed by atoms with van der Waals surface area (Å²) in [6, 6.07) is 7.73. The molecule has 5 nitrogen and oxygen atoms in total. The van der Waals surface area contributed by atoms with E-state index >= 15 is 0 Å². The Morgan fingerprint density at radius 3 is 3.08 bits per heavy atom. The van der Waals surface area contributed by atoms with E-state index in [0.29, 0.717) is 6.54 Å². The molecular formula is C18H20N2O3S. The van der Waals surface area contributed by atoms with Crippen LogP contribution in [0.15, 0.2) is 36.7 Å². The van der Waals surface area contributed by atoms with Crippen LogP contribution >= 0.6 is 11.3 Å². The van der Waals surface area contributed by atoms with E-state index < -0.39 is 0 Å². The summed E-state index contributed by atoms with van der Waals surface area (Å²) in [6.07, 6.45) is 5.15. The van der Waals surface area contributed by atoms with Crippen molar-refractivity contribution in [2.24, 2.45) is 0 Å². The first kappa shape index (κ1) is 15.6. The monoisotopic (exact) mass is 344 g/mol. The molecule has 2 saturated heterocycles. The van der Waals surface area contributed by atoms with Crippen LogP contribution in [-0.2, 0) is 4.74 Å². The first-order chi connectivity index (χ1) is 11.7. The molecule has 0 N–H and O–H groups in total. The van der Waals surface area contributed by atoms with Crippen LogP contribution in [-0.4, -0.2) is 47.2 Å². The predicted octanol–water partition coefficient (Wildman–Crippen LogP) is 2.90. The van der Waals surface area contributed by atoms with Crippen LogP contribution in [0.3, 0.4) is 0 Å². The largest absolute Gasteiger partial charge is 0.484 e. The number of hydrogen-bond donors (Lipinski definition) is 0. The van der Waals surface area contributed by atoms with Crippen molar-refractivity contribution >= 4 is 17.2 Å². The Morgan fingerprint density at radius 1 is 1.42 bits per heavy atom. The van der Waals surface area contributed by atoms with Gasteiger partial charge in [0.15, 0.2) is 0 Å². The molecule has 6 heteroatoms. The lowest BCUT2D eigenvalue weighted by Gasteiger charge is -2.31. The number of likely N-dealkylation sites (tertiary alicyclic amines) is 1. The molecule has 0 saturated carbocycles. The van der Waals surface area contributed by atoms with Gasteiger partial charge in [0.1, 0.15) is 18.0 Å². The van der Waals surface area contributed by atoms with Crippen molar-refractivity contribution < 1.29 is 14.3 Å². The maximum Gasteiger partial charge on any atom is 0.264 e. The number of ether oxygens (including phenoxy) is 2. The molecule has 0 bridgehead atoms. The molecule has 3 atom stereocenters. The number of carbonyl (C=O) groups is 1. The summed E-state index contributed by atoms with van der Waals surface area (Å²) in [5.74, 6) is 0.808. The number of aromatic nitrogens is 1. The highest BCUT2D eigenvalue weighted by atomic mass is 32.1.